The molecule has 31 heavy (non-hydrogen) atoms. The fourth-order valence-corrected chi connectivity index (χ4v) is 4.06. The minimum absolute atomic E-state index is 0. The normalized spacial score (nSPS) is 16.3. The highest BCUT2D eigenvalue weighted by atomic mass is 127. The number of methoxy groups -OCH3 is 1. The van der Waals surface area contributed by atoms with Crippen molar-refractivity contribution in [1.29, 1.82) is 0 Å². The SMILES string of the molecule is CCNC(=NCC(c1ccccc1)N(CC)CC)N1CCC(OCCCOC)CC1.I. The van der Waals surface area contributed by atoms with Gasteiger partial charge in [-0.05, 0) is 44.8 Å². The maximum atomic E-state index is 6.02. The molecule has 178 valence electrons. The van der Waals surface area contributed by atoms with Gasteiger partial charge in [0.25, 0.3) is 0 Å². The van der Waals surface area contributed by atoms with Crippen LogP contribution in [0.5, 0.6) is 0 Å². The Hall–Kier alpha value is -0.900. The van der Waals surface area contributed by atoms with Crippen molar-refractivity contribution in [2.75, 3.05) is 59.6 Å². The first-order chi connectivity index (χ1) is 14.7. The van der Waals surface area contributed by atoms with Gasteiger partial charge in [-0.1, -0.05) is 44.2 Å². The Morgan fingerprint density at radius 2 is 1.81 bits per heavy atom. The molecule has 1 aliphatic heterocycles. The van der Waals surface area contributed by atoms with Gasteiger partial charge in [-0.2, -0.15) is 0 Å². The van der Waals surface area contributed by atoms with E-state index in [1.54, 1.807) is 7.11 Å². The van der Waals surface area contributed by atoms with Crippen LogP contribution in [0.2, 0.25) is 0 Å². The van der Waals surface area contributed by atoms with Crippen LogP contribution in [0.4, 0.5) is 0 Å². The second kappa shape index (κ2) is 16.7. The van der Waals surface area contributed by atoms with Crippen molar-refractivity contribution in [1.82, 2.24) is 15.1 Å². The zero-order chi connectivity index (χ0) is 21.6. The Morgan fingerprint density at radius 3 is 2.39 bits per heavy atom. The number of rotatable bonds is 12. The minimum Gasteiger partial charge on any atom is -0.385 e. The molecule has 0 aliphatic carbocycles. The second-order valence-electron chi connectivity index (χ2n) is 7.75. The van der Waals surface area contributed by atoms with Gasteiger partial charge in [0.2, 0.25) is 0 Å². The van der Waals surface area contributed by atoms with E-state index >= 15 is 0 Å². The Kier molecular flexibility index (Phi) is 15.2. The average Bonchev–Trinajstić information content (AvgIpc) is 2.80. The van der Waals surface area contributed by atoms with Gasteiger partial charge >= 0.3 is 0 Å². The number of likely N-dealkylation sites (N-methyl/N-ethyl adjacent to an activating group) is 1. The van der Waals surface area contributed by atoms with Gasteiger partial charge < -0.3 is 19.7 Å². The highest BCUT2D eigenvalue weighted by Crippen LogP contribution is 2.21. The number of guanidine groups is 1. The number of likely N-dealkylation sites (tertiary alicyclic amines) is 1. The van der Waals surface area contributed by atoms with Gasteiger partial charge in [-0.15, -0.1) is 24.0 Å². The summed E-state index contributed by atoms with van der Waals surface area (Å²) in [7, 11) is 1.74. The number of piperidine rings is 1. The summed E-state index contributed by atoms with van der Waals surface area (Å²) in [4.78, 5) is 9.95. The zero-order valence-corrected chi connectivity index (χ0v) is 22.2. The highest BCUT2D eigenvalue weighted by molar-refractivity contribution is 14.0. The molecular weight excluding hydrogens is 503 g/mol. The van der Waals surface area contributed by atoms with Gasteiger partial charge in [0.1, 0.15) is 0 Å². The third kappa shape index (κ3) is 9.63. The van der Waals surface area contributed by atoms with Gasteiger partial charge in [0.15, 0.2) is 5.96 Å². The van der Waals surface area contributed by atoms with Crippen molar-refractivity contribution in [3.05, 3.63) is 35.9 Å². The molecule has 1 aliphatic rings. The van der Waals surface area contributed by atoms with Crippen molar-refractivity contribution in [2.45, 2.75) is 52.2 Å². The molecular formula is C24H43IN4O2. The van der Waals surface area contributed by atoms with E-state index in [9.17, 15) is 0 Å². The maximum absolute atomic E-state index is 6.02. The fourth-order valence-electron chi connectivity index (χ4n) is 4.06. The summed E-state index contributed by atoms with van der Waals surface area (Å²) in [6.07, 6.45) is 3.42. The van der Waals surface area contributed by atoms with Gasteiger partial charge in [0.05, 0.1) is 18.7 Å². The number of nitrogens with one attached hydrogen (secondary N) is 1. The maximum Gasteiger partial charge on any atom is 0.193 e. The van der Waals surface area contributed by atoms with E-state index in [1.807, 2.05) is 0 Å². The third-order valence-electron chi connectivity index (χ3n) is 5.77. The van der Waals surface area contributed by atoms with Crippen LogP contribution < -0.4 is 5.32 Å². The lowest BCUT2D eigenvalue weighted by Gasteiger charge is -2.35. The highest BCUT2D eigenvalue weighted by Gasteiger charge is 2.23. The standard InChI is InChI=1S/C24H42N4O2.HI/c1-5-25-24(28-16-14-22(15-17-28)30-19-11-18-29-4)26-20-23(27(6-2)7-3)21-12-9-8-10-13-21;/h8-10,12-13,22-23H,5-7,11,14-20H2,1-4H3,(H,25,26);1H. The van der Waals surface area contributed by atoms with E-state index in [0.29, 0.717) is 12.1 Å². The zero-order valence-electron chi connectivity index (χ0n) is 19.9. The molecule has 1 N–H and O–H groups in total. The van der Waals surface area contributed by atoms with E-state index < -0.39 is 0 Å². The van der Waals surface area contributed by atoms with Crippen LogP contribution in [-0.4, -0.2) is 81.5 Å². The Bertz CT molecular complexity index is 591. The lowest BCUT2D eigenvalue weighted by atomic mass is 10.1. The van der Waals surface area contributed by atoms with E-state index in [1.165, 1.54) is 5.56 Å². The molecule has 0 spiro atoms. The smallest absolute Gasteiger partial charge is 0.193 e. The Morgan fingerprint density at radius 1 is 1.13 bits per heavy atom. The first kappa shape index (κ1) is 28.1. The molecule has 1 aromatic carbocycles. The van der Waals surface area contributed by atoms with Crippen LogP contribution in [0.3, 0.4) is 0 Å². The number of hydrogen-bond acceptors (Lipinski definition) is 4. The van der Waals surface area contributed by atoms with E-state index in [0.717, 1.165) is 77.7 Å². The van der Waals surface area contributed by atoms with Crippen LogP contribution in [0.1, 0.15) is 51.6 Å². The Balaban J connectivity index is 0.00000480. The number of nitrogens with zero attached hydrogens (tertiary/aromatic N) is 3. The lowest BCUT2D eigenvalue weighted by molar-refractivity contribution is 0.00988. The van der Waals surface area contributed by atoms with Crippen molar-refractivity contribution in [2.24, 2.45) is 4.99 Å². The molecule has 0 aromatic heterocycles. The largest absolute Gasteiger partial charge is 0.385 e. The van der Waals surface area contributed by atoms with Crippen molar-refractivity contribution >= 4 is 29.9 Å². The molecule has 1 unspecified atom stereocenters. The number of hydrogen-bond donors (Lipinski definition) is 1. The van der Waals surface area contributed by atoms with E-state index in [4.69, 9.17) is 14.5 Å². The van der Waals surface area contributed by atoms with Crippen molar-refractivity contribution in [3.8, 4) is 0 Å². The molecule has 1 aromatic rings. The molecule has 0 radical (unpaired) electrons. The average molecular weight is 547 g/mol. The molecule has 1 fully saturated rings. The molecule has 7 heteroatoms. The molecule has 1 atom stereocenters. The van der Waals surface area contributed by atoms with Crippen molar-refractivity contribution < 1.29 is 9.47 Å². The summed E-state index contributed by atoms with van der Waals surface area (Å²) in [5.41, 5.74) is 1.34. The number of benzene rings is 1. The predicted octanol–water partition coefficient (Wildman–Crippen LogP) is 4.17. The number of ether oxygens (including phenoxy) is 2. The van der Waals surface area contributed by atoms with Crippen LogP contribution in [0, 0.1) is 0 Å². The molecule has 0 amide bonds. The minimum atomic E-state index is 0. The second-order valence-corrected chi connectivity index (χ2v) is 7.75. The first-order valence-corrected chi connectivity index (χ1v) is 11.7. The molecule has 1 saturated heterocycles. The monoisotopic (exact) mass is 546 g/mol. The summed E-state index contributed by atoms with van der Waals surface area (Å²) >= 11 is 0. The van der Waals surface area contributed by atoms with Crippen LogP contribution in [-0.2, 0) is 9.47 Å². The summed E-state index contributed by atoms with van der Waals surface area (Å²) in [6.45, 7) is 13.8. The summed E-state index contributed by atoms with van der Waals surface area (Å²) in [5, 5.41) is 3.51. The topological polar surface area (TPSA) is 49.3 Å². The molecule has 6 nitrogen and oxygen atoms in total. The Labute approximate surface area is 206 Å². The number of aliphatic imine (C=N–C) groups is 1. The van der Waals surface area contributed by atoms with Crippen LogP contribution >= 0.6 is 24.0 Å². The quantitative estimate of drug-likeness (QED) is 0.185. The predicted molar refractivity (Wildman–Crippen MR) is 141 cm³/mol. The van der Waals surface area contributed by atoms with Crippen LogP contribution in [0.15, 0.2) is 35.3 Å². The molecule has 2 rings (SSSR count). The summed E-state index contributed by atoms with van der Waals surface area (Å²) in [5.74, 6) is 1.03. The van der Waals surface area contributed by atoms with Crippen LogP contribution in [0.25, 0.3) is 0 Å². The third-order valence-corrected chi connectivity index (χ3v) is 5.77. The number of halogens is 1. The van der Waals surface area contributed by atoms with Crippen molar-refractivity contribution in [3.63, 3.8) is 0 Å². The fraction of sp³-hybridized carbons (Fsp3) is 0.708. The lowest BCUT2D eigenvalue weighted by Crippen LogP contribution is -2.47. The molecule has 1 heterocycles. The van der Waals surface area contributed by atoms with Gasteiger partial charge in [0, 0.05) is 40.0 Å². The molecule has 0 saturated carbocycles. The van der Waals surface area contributed by atoms with Gasteiger partial charge in [-0.25, -0.2) is 0 Å². The molecule has 0 bridgehead atoms. The summed E-state index contributed by atoms with van der Waals surface area (Å²) < 4.78 is 11.1. The first-order valence-electron chi connectivity index (χ1n) is 11.7. The summed E-state index contributed by atoms with van der Waals surface area (Å²) in [6, 6.07) is 11.1. The van der Waals surface area contributed by atoms with Gasteiger partial charge in [-0.3, -0.25) is 9.89 Å². The van der Waals surface area contributed by atoms with E-state index in [2.05, 4.69) is 66.2 Å². The van der Waals surface area contributed by atoms with E-state index in [-0.39, 0.29) is 24.0 Å².